The Morgan fingerprint density at radius 1 is 1.39 bits per heavy atom. The lowest BCUT2D eigenvalue weighted by Crippen LogP contribution is -2.40. The van der Waals surface area contributed by atoms with Gasteiger partial charge in [-0.3, -0.25) is 4.99 Å². The molecule has 1 saturated carbocycles. The van der Waals surface area contributed by atoms with Gasteiger partial charge in [0.2, 0.25) is 0 Å². The maximum atomic E-state index is 4.70. The van der Waals surface area contributed by atoms with Gasteiger partial charge in [-0.15, -0.1) is 0 Å². The molecule has 0 saturated heterocycles. The minimum absolute atomic E-state index is 0.412. The number of rotatable bonds is 2. The minimum Gasteiger partial charge on any atom is -0.362 e. The lowest BCUT2D eigenvalue weighted by Gasteiger charge is -2.28. The molecule has 0 aromatic rings. The number of nitrogens with zero attached hydrogens (tertiary/aromatic N) is 1. The third-order valence-electron chi connectivity index (χ3n) is 4.11. The molecule has 0 bridgehead atoms. The molecule has 2 nitrogen and oxygen atoms in total. The van der Waals surface area contributed by atoms with E-state index in [2.05, 4.69) is 39.9 Å². The van der Waals surface area contributed by atoms with Gasteiger partial charge in [0, 0.05) is 11.3 Å². The number of hydrogen-bond acceptors (Lipinski definition) is 3. The first-order chi connectivity index (χ1) is 8.26. The summed E-state index contributed by atoms with van der Waals surface area (Å²) in [5.74, 6) is 0. The molecule has 104 valence electrons. The first-order valence-electron chi connectivity index (χ1n) is 7.24. The molecular formula is C15H28N2S. The highest BCUT2D eigenvalue weighted by Crippen LogP contribution is 2.38. The van der Waals surface area contributed by atoms with Gasteiger partial charge in [0.15, 0.2) is 5.17 Å². The van der Waals surface area contributed by atoms with Crippen LogP contribution in [0.1, 0.15) is 60.3 Å². The molecule has 0 radical (unpaired) electrons. The van der Waals surface area contributed by atoms with Crippen LogP contribution in [0, 0.1) is 10.8 Å². The van der Waals surface area contributed by atoms with E-state index >= 15 is 0 Å². The van der Waals surface area contributed by atoms with Crippen LogP contribution in [0.3, 0.4) is 0 Å². The summed E-state index contributed by atoms with van der Waals surface area (Å²) in [5.41, 5.74) is 0.848. The molecule has 0 amide bonds. The average Bonchev–Trinajstić information content (AvgIpc) is 2.73. The smallest absolute Gasteiger partial charge is 0.157 e. The van der Waals surface area contributed by atoms with Gasteiger partial charge in [-0.2, -0.15) is 0 Å². The summed E-state index contributed by atoms with van der Waals surface area (Å²) in [4.78, 5) is 4.70. The zero-order valence-electron chi connectivity index (χ0n) is 12.5. The Morgan fingerprint density at radius 2 is 2.11 bits per heavy atom. The fourth-order valence-corrected chi connectivity index (χ4v) is 4.44. The molecule has 0 aromatic carbocycles. The Labute approximate surface area is 116 Å². The van der Waals surface area contributed by atoms with Crippen LogP contribution in [0.5, 0.6) is 0 Å². The zero-order valence-corrected chi connectivity index (χ0v) is 13.4. The van der Waals surface area contributed by atoms with E-state index in [4.69, 9.17) is 4.99 Å². The summed E-state index contributed by atoms with van der Waals surface area (Å²) >= 11 is 1.96. The number of aliphatic imine (C=N–C) groups is 1. The number of nitrogens with one attached hydrogen (secondary N) is 1. The van der Waals surface area contributed by atoms with E-state index in [1.165, 1.54) is 30.9 Å². The summed E-state index contributed by atoms with van der Waals surface area (Å²) in [7, 11) is 0. The van der Waals surface area contributed by atoms with E-state index in [-0.39, 0.29) is 0 Å². The van der Waals surface area contributed by atoms with E-state index in [1.807, 2.05) is 11.8 Å². The summed E-state index contributed by atoms with van der Waals surface area (Å²) in [6.07, 6.45) is 5.25. The molecular weight excluding hydrogens is 240 g/mol. The average molecular weight is 268 g/mol. The molecule has 1 N–H and O–H groups in total. The maximum absolute atomic E-state index is 4.70. The second-order valence-electron chi connectivity index (χ2n) is 7.73. The zero-order chi connectivity index (χ0) is 13.4. The highest BCUT2D eigenvalue weighted by Gasteiger charge is 2.36. The van der Waals surface area contributed by atoms with E-state index in [1.54, 1.807) is 0 Å². The van der Waals surface area contributed by atoms with Crippen molar-refractivity contribution in [2.45, 2.75) is 71.6 Å². The molecule has 1 aliphatic heterocycles. The predicted octanol–water partition coefficient (Wildman–Crippen LogP) is 4.06. The minimum atomic E-state index is 0.412. The number of amidine groups is 1. The van der Waals surface area contributed by atoms with Gasteiger partial charge < -0.3 is 5.32 Å². The van der Waals surface area contributed by atoms with Crippen molar-refractivity contribution in [2.75, 3.05) is 6.54 Å². The molecule has 2 rings (SSSR count). The molecule has 1 aliphatic carbocycles. The SMILES string of the molecule is CC(C)(C)CC1CN=C(NC2CCCC2(C)C)S1. The molecule has 18 heavy (non-hydrogen) atoms. The van der Waals surface area contributed by atoms with Crippen LogP contribution in [0.4, 0.5) is 0 Å². The van der Waals surface area contributed by atoms with Crippen LogP contribution < -0.4 is 5.32 Å². The molecule has 2 unspecified atom stereocenters. The van der Waals surface area contributed by atoms with Crippen LogP contribution >= 0.6 is 11.8 Å². The van der Waals surface area contributed by atoms with Crippen molar-refractivity contribution >= 4 is 16.9 Å². The van der Waals surface area contributed by atoms with Crippen molar-refractivity contribution in [3.05, 3.63) is 0 Å². The normalized spacial score (nSPS) is 31.5. The summed E-state index contributed by atoms with van der Waals surface area (Å²) < 4.78 is 0. The van der Waals surface area contributed by atoms with Gasteiger partial charge in [0.25, 0.3) is 0 Å². The Hall–Kier alpha value is -0.180. The lowest BCUT2D eigenvalue weighted by molar-refractivity contribution is 0.312. The third kappa shape index (κ3) is 3.66. The van der Waals surface area contributed by atoms with Gasteiger partial charge in [0.05, 0.1) is 6.54 Å². The Bertz CT molecular complexity index is 328. The molecule has 0 spiro atoms. The number of hydrogen-bond donors (Lipinski definition) is 1. The summed E-state index contributed by atoms with van der Waals surface area (Å²) in [6, 6.07) is 0.622. The van der Waals surface area contributed by atoms with Gasteiger partial charge in [-0.25, -0.2) is 0 Å². The highest BCUT2D eigenvalue weighted by molar-refractivity contribution is 8.14. The molecule has 1 fully saturated rings. The molecule has 0 aromatic heterocycles. The van der Waals surface area contributed by atoms with Crippen molar-refractivity contribution in [2.24, 2.45) is 15.8 Å². The van der Waals surface area contributed by atoms with Crippen LogP contribution in [0.2, 0.25) is 0 Å². The van der Waals surface area contributed by atoms with Crippen molar-refractivity contribution in [3.63, 3.8) is 0 Å². The van der Waals surface area contributed by atoms with Crippen LogP contribution in [-0.4, -0.2) is 23.0 Å². The quantitative estimate of drug-likeness (QED) is 0.816. The first-order valence-corrected chi connectivity index (χ1v) is 8.12. The Morgan fingerprint density at radius 3 is 2.67 bits per heavy atom. The Balaban J connectivity index is 1.83. The molecule has 3 heteroatoms. The van der Waals surface area contributed by atoms with Crippen molar-refractivity contribution in [1.29, 1.82) is 0 Å². The van der Waals surface area contributed by atoms with E-state index in [0.29, 0.717) is 22.1 Å². The van der Waals surface area contributed by atoms with Crippen LogP contribution in [0.15, 0.2) is 4.99 Å². The monoisotopic (exact) mass is 268 g/mol. The molecule has 1 heterocycles. The van der Waals surface area contributed by atoms with E-state index in [9.17, 15) is 0 Å². The third-order valence-corrected chi connectivity index (χ3v) is 5.23. The number of thioether (sulfide) groups is 1. The topological polar surface area (TPSA) is 24.4 Å². The fourth-order valence-electron chi connectivity index (χ4n) is 3.03. The highest BCUT2D eigenvalue weighted by atomic mass is 32.2. The van der Waals surface area contributed by atoms with Gasteiger partial charge >= 0.3 is 0 Å². The van der Waals surface area contributed by atoms with Crippen LogP contribution in [0.25, 0.3) is 0 Å². The van der Waals surface area contributed by atoms with Crippen molar-refractivity contribution in [1.82, 2.24) is 5.32 Å². The van der Waals surface area contributed by atoms with Gasteiger partial charge in [-0.1, -0.05) is 52.8 Å². The summed E-state index contributed by atoms with van der Waals surface area (Å²) in [5, 5.41) is 5.57. The second kappa shape index (κ2) is 5.07. The first kappa shape index (κ1) is 14.2. The van der Waals surface area contributed by atoms with E-state index < -0.39 is 0 Å². The predicted molar refractivity (Wildman–Crippen MR) is 82.3 cm³/mol. The van der Waals surface area contributed by atoms with Gasteiger partial charge in [-0.05, 0) is 30.1 Å². The largest absolute Gasteiger partial charge is 0.362 e. The van der Waals surface area contributed by atoms with Crippen molar-refractivity contribution < 1.29 is 0 Å². The molecule has 2 aliphatic rings. The maximum Gasteiger partial charge on any atom is 0.157 e. The van der Waals surface area contributed by atoms with Crippen LogP contribution in [-0.2, 0) is 0 Å². The lowest BCUT2D eigenvalue weighted by atomic mass is 9.87. The Kier molecular flexibility index (Phi) is 4.01. The van der Waals surface area contributed by atoms with Gasteiger partial charge in [0.1, 0.15) is 0 Å². The fraction of sp³-hybridized carbons (Fsp3) is 0.933. The standard InChI is InChI=1S/C15H28N2S/c1-14(2,3)9-11-10-16-13(18-11)17-12-7-6-8-15(12,4)5/h11-12H,6-10H2,1-5H3,(H,16,17). The van der Waals surface area contributed by atoms with Crippen molar-refractivity contribution in [3.8, 4) is 0 Å². The van der Waals surface area contributed by atoms with E-state index in [0.717, 1.165) is 6.54 Å². The molecule has 2 atom stereocenters. The summed E-state index contributed by atoms with van der Waals surface area (Å²) in [6.45, 7) is 12.7. The second-order valence-corrected chi connectivity index (χ2v) is 9.02.